The lowest BCUT2D eigenvalue weighted by Gasteiger charge is -2.21. The molecule has 0 spiro atoms. The molecule has 1 heterocycles. The molecule has 0 radical (unpaired) electrons. The zero-order chi connectivity index (χ0) is 19.7. The first-order valence-corrected chi connectivity index (χ1v) is 7.68. The number of aromatic nitrogens is 2. The van der Waals surface area contributed by atoms with E-state index in [0.717, 1.165) is 0 Å². The van der Waals surface area contributed by atoms with Gasteiger partial charge in [-0.15, -0.1) is 0 Å². The maximum atomic E-state index is 12.3. The quantitative estimate of drug-likeness (QED) is 0.219. The van der Waals surface area contributed by atoms with E-state index in [-0.39, 0.29) is 6.42 Å². The zero-order valence-corrected chi connectivity index (χ0v) is 14.1. The van der Waals surface area contributed by atoms with Crippen LogP contribution in [0.4, 0.5) is 0 Å². The molecule has 0 aliphatic carbocycles. The average Bonchev–Trinajstić information content (AvgIpc) is 3.09. The molecule has 26 heavy (non-hydrogen) atoms. The first kappa shape index (κ1) is 21.1. The molecule has 144 valence electrons. The zero-order valence-electron chi connectivity index (χ0n) is 14.1. The Morgan fingerprint density at radius 1 is 1.23 bits per heavy atom. The highest BCUT2D eigenvalue weighted by Gasteiger charge is 2.26. The van der Waals surface area contributed by atoms with Gasteiger partial charge in [0.2, 0.25) is 17.7 Å². The second-order valence-electron chi connectivity index (χ2n) is 5.50. The number of aliphatic hydroxyl groups is 1. The molecule has 3 amide bonds. The number of carboxylic acids is 1. The fourth-order valence-electron chi connectivity index (χ4n) is 1.84. The summed E-state index contributed by atoms with van der Waals surface area (Å²) >= 11 is 0. The van der Waals surface area contributed by atoms with Gasteiger partial charge in [-0.1, -0.05) is 0 Å². The number of imidazole rings is 1. The van der Waals surface area contributed by atoms with Crippen molar-refractivity contribution < 1.29 is 29.4 Å². The van der Waals surface area contributed by atoms with Crippen molar-refractivity contribution in [3.8, 4) is 0 Å². The third-order valence-corrected chi connectivity index (χ3v) is 3.29. The number of carboxylic acid groups (broad SMARTS) is 1. The largest absolute Gasteiger partial charge is 0.480 e. The number of nitrogens with one attached hydrogen (secondary N) is 4. The van der Waals surface area contributed by atoms with E-state index >= 15 is 0 Å². The normalized spacial score (nSPS) is 14.0. The van der Waals surface area contributed by atoms with Gasteiger partial charge in [-0.05, 0) is 6.92 Å². The highest BCUT2D eigenvalue weighted by atomic mass is 16.4. The summed E-state index contributed by atoms with van der Waals surface area (Å²) in [6.07, 6.45) is 1.78. The number of amides is 3. The van der Waals surface area contributed by atoms with E-state index in [4.69, 9.17) is 10.8 Å². The van der Waals surface area contributed by atoms with Gasteiger partial charge in [0.05, 0.1) is 19.0 Å². The molecule has 3 unspecified atom stereocenters. The van der Waals surface area contributed by atoms with Gasteiger partial charge in [-0.2, -0.15) is 0 Å². The summed E-state index contributed by atoms with van der Waals surface area (Å²) in [7, 11) is 0. The first-order chi connectivity index (χ1) is 12.2. The molecule has 8 N–H and O–H groups in total. The van der Waals surface area contributed by atoms with E-state index in [0.29, 0.717) is 5.69 Å². The Kier molecular flexibility index (Phi) is 8.18. The summed E-state index contributed by atoms with van der Waals surface area (Å²) in [6.45, 7) is 0.289. The topological polar surface area (TPSA) is 200 Å². The lowest BCUT2D eigenvalue weighted by molar-refractivity contribution is -0.138. The van der Waals surface area contributed by atoms with Crippen LogP contribution in [-0.2, 0) is 25.6 Å². The highest BCUT2D eigenvalue weighted by molar-refractivity contribution is 5.92. The number of aliphatic carboxylic acids is 1. The molecule has 0 saturated heterocycles. The highest BCUT2D eigenvalue weighted by Crippen LogP contribution is 2.00. The van der Waals surface area contributed by atoms with Crippen molar-refractivity contribution in [1.29, 1.82) is 0 Å². The van der Waals surface area contributed by atoms with Crippen LogP contribution < -0.4 is 21.7 Å². The molecule has 12 nitrogen and oxygen atoms in total. The number of aromatic amines is 1. The molecule has 0 aliphatic heterocycles. The van der Waals surface area contributed by atoms with Crippen LogP contribution in [0.25, 0.3) is 0 Å². The van der Waals surface area contributed by atoms with Crippen molar-refractivity contribution >= 4 is 23.7 Å². The lowest BCUT2D eigenvalue weighted by atomic mass is 10.1. The summed E-state index contributed by atoms with van der Waals surface area (Å²) in [5.41, 5.74) is 6.09. The van der Waals surface area contributed by atoms with Gasteiger partial charge in [0, 0.05) is 18.3 Å². The Hall–Kier alpha value is -2.99. The minimum absolute atomic E-state index is 0.0425. The van der Waals surface area contributed by atoms with Crippen molar-refractivity contribution in [2.24, 2.45) is 5.73 Å². The van der Waals surface area contributed by atoms with E-state index < -0.39 is 55.0 Å². The number of hydrogen-bond acceptors (Lipinski definition) is 7. The average molecular weight is 370 g/mol. The lowest BCUT2D eigenvalue weighted by Crippen LogP contribution is -2.55. The van der Waals surface area contributed by atoms with Crippen molar-refractivity contribution in [1.82, 2.24) is 25.9 Å². The number of H-pyrrole nitrogens is 1. The molecule has 0 fully saturated rings. The van der Waals surface area contributed by atoms with Crippen molar-refractivity contribution in [2.75, 3.05) is 13.1 Å². The van der Waals surface area contributed by atoms with E-state index in [1.807, 2.05) is 0 Å². The molecule has 1 rings (SSSR count). The van der Waals surface area contributed by atoms with Crippen LogP contribution in [0.5, 0.6) is 0 Å². The maximum Gasteiger partial charge on any atom is 0.322 e. The van der Waals surface area contributed by atoms with Crippen LogP contribution in [0.1, 0.15) is 12.6 Å². The predicted octanol–water partition coefficient (Wildman–Crippen LogP) is -3.54. The van der Waals surface area contributed by atoms with Gasteiger partial charge in [-0.25, -0.2) is 4.98 Å². The summed E-state index contributed by atoms with van der Waals surface area (Å²) < 4.78 is 0. The second-order valence-corrected chi connectivity index (χ2v) is 5.50. The fraction of sp³-hybridized carbons (Fsp3) is 0.500. The SMILES string of the molecule is CC(O)C(N)C(=O)NC(Cc1cnc[nH]1)C(=O)NCC(=O)NCC(=O)O. The summed E-state index contributed by atoms with van der Waals surface area (Å²) in [6, 6.07) is -2.31. The Balaban J connectivity index is 2.67. The standard InChI is InChI=1S/C14H22N6O6/c1-7(21)12(15)14(26)20-9(2-8-3-16-6-19-8)13(25)18-4-10(22)17-5-11(23)24/h3,6-7,9,12,21H,2,4-5,15H2,1H3,(H,16,19)(H,17,22)(H,18,25)(H,20,26)(H,23,24). The maximum absolute atomic E-state index is 12.3. The van der Waals surface area contributed by atoms with E-state index in [1.54, 1.807) is 0 Å². The molecular formula is C14H22N6O6. The van der Waals surface area contributed by atoms with Gasteiger partial charge >= 0.3 is 5.97 Å². The summed E-state index contributed by atoms with van der Waals surface area (Å²) in [5.74, 6) is -3.35. The summed E-state index contributed by atoms with van der Waals surface area (Å²) in [5, 5.41) is 24.6. The number of rotatable bonds is 10. The van der Waals surface area contributed by atoms with Crippen LogP contribution in [-0.4, -0.2) is 75.1 Å². The Morgan fingerprint density at radius 2 is 1.92 bits per heavy atom. The molecule has 0 aromatic carbocycles. The minimum atomic E-state index is -1.23. The fourth-order valence-corrected chi connectivity index (χ4v) is 1.84. The molecule has 1 aromatic heterocycles. The minimum Gasteiger partial charge on any atom is -0.480 e. The number of nitrogens with zero attached hydrogens (tertiary/aromatic N) is 1. The Labute approximate surface area is 148 Å². The van der Waals surface area contributed by atoms with Gasteiger partial charge in [0.1, 0.15) is 18.6 Å². The van der Waals surface area contributed by atoms with Crippen LogP contribution in [0.15, 0.2) is 12.5 Å². The molecule has 3 atom stereocenters. The number of carbonyl (C=O) groups excluding carboxylic acids is 3. The van der Waals surface area contributed by atoms with E-state index in [2.05, 4.69) is 25.9 Å². The predicted molar refractivity (Wildman–Crippen MR) is 87.5 cm³/mol. The van der Waals surface area contributed by atoms with Gasteiger partial charge in [0.15, 0.2) is 0 Å². The summed E-state index contributed by atoms with van der Waals surface area (Å²) in [4.78, 5) is 52.7. The van der Waals surface area contributed by atoms with Crippen molar-refractivity contribution in [2.45, 2.75) is 31.5 Å². The molecule has 0 bridgehead atoms. The van der Waals surface area contributed by atoms with Crippen LogP contribution in [0, 0.1) is 0 Å². The van der Waals surface area contributed by atoms with Gasteiger partial charge in [0.25, 0.3) is 0 Å². The van der Waals surface area contributed by atoms with E-state index in [1.165, 1.54) is 19.4 Å². The smallest absolute Gasteiger partial charge is 0.322 e. The molecule has 0 saturated carbocycles. The Morgan fingerprint density at radius 3 is 2.46 bits per heavy atom. The molecule has 1 aromatic rings. The number of hydrogen-bond donors (Lipinski definition) is 7. The first-order valence-electron chi connectivity index (χ1n) is 7.68. The van der Waals surface area contributed by atoms with Crippen molar-refractivity contribution in [3.63, 3.8) is 0 Å². The van der Waals surface area contributed by atoms with Gasteiger partial charge in [-0.3, -0.25) is 19.2 Å². The monoisotopic (exact) mass is 370 g/mol. The van der Waals surface area contributed by atoms with Crippen LogP contribution >= 0.6 is 0 Å². The van der Waals surface area contributed by atoms with Crippen LogP contribution in [0.2, 0.25) is 0 Å². The van der Waals surface area contributed by atoms with Crippen LogP contribution in [0.3, 0.4) is 0 Å². The van der Waals surface area contributed by atoms with E-state index in [9.17, 15) is 24.3 Å². The number of aliphatic hydroxyl groups excluding tert-OH is 1. The Bertz CT molecular complexity index is 632. The molecule has 12 heteroatoms. The van der Waals surface area contributed by atoms with Gasteiger partial charge < -0.3 is 36.9 Å². The van der Waals surface area contributed by atoms with Crippen molar-refractivity contribution in [3.05, 3.63) is 18.2 Å². The third kappa shape index (κ3) is 7.27. The number of carbonyl (C=O) groups is 4. The third-order valence-electron chi connectivity index (χ3n) is 3.29. The number of nitrogens with two attached hydrogens (primary N) is 1. The molecular weight excluding hydrogens is 348 g/mol. The second kappa shape index (κ2) is 10.1. The molecule has 0 aliphatic rings.